The van der Waals surface area contributed by atoms with Crippen molar-refractivity contribution >= 4 is 0 Å². The van der Waals surface area contributed by atoms with Crippen molar-refractivity contribution in [1.82, 2.24) is 0 Å². The number of aryl methyl sites for hydroxylation is 1. The van der Waals surface area contributed by atoms with Crippen LogP contribution in [0.25, 0.3) is 22.3 Å². The highest BCUT2D eigenvalue weighted by molar-refractivity contribution is 5.75. The minimum absolute atomic E-state index is 0.269. The lowest BCUT2D eigenvalue weighted by atomic mass is 9.64. The minimum Gasteiger partial charge on any atom is -0.507 e. The predicted octanol–water partition coefficient (Wildman–Crippen LogP) is 9.57. The molecule has 5 aromatic carbocycles. The zero-order valence-corrected chi connectivity index (χ0v) is 23.0. The number of hydrogen-bond donors (Lipinski definition) is 2. The van der Waals surface area contributed by atoms with Crippen molar-refractivity contribution in [3.63, 3.8) is 0 Å². The van der Waals surface area contributed by atoms with Crippen LogP contribution in [0, 0.1) is 13.8 Å². The molecule has 0 heterocycles. The fourth-order valence-electron chi connectivity index (χ4n) is 5.86. The summed E-state index contributed by atoms with van der Waals surface area (Å²) in [7, 11) is 0. The second-order valence-electron chi connectivity index (χ2n) is 10.5. The lowest BCUT2D eigenvalue weighted by Gasteiger charge is -2.38. The van der Waals surface area contributed by atoms with Crippen LogP contribution >= 0.6 is 0 Å². The molecule has 5 aromatic rings. The Bertz CT molecular complexity index is 1480. The molecule has 2 N–H and O–H groups in total. The summed E-state index contributed by atoms with van der Waals surface area (Å²) in [6.07, 6.45) is 2.97. The van der Waals surface area contributed by atoms with Crippen molar-refractivity contribution in [3.05, 3.63) is 143 Å². The molecule has 196 valence electrons. The molecule has 0 saturated carbocycles. The Morgan fingerprint density at radius 3 is 1.59 bits per heavy atom. The standard InChI is InChI=1S/C37H36O2/c1-4-5-23-37(34-18-12-13-26(2)27(34)3,30-19-21-35(38)32(24-30)28-14-8-6-9-15-28)31-20-22-36(39)33(25-31)29-16-10-7-11-17-29/h6-22,24-25,38-39H,4-5,23H2,1-3H3. The maximum Gasteiger partial charge on any atom is 0.123 e. The van der Waals surface area contributed by atoms with Crippen LogP contribution in [0.1, 0.15) is 54.0 Å². The SMILES string of the molecule is CCCCC(c1ccc(O)c(-c2ccccc2)c1)(c1ccc(O)c(-c2ccccc2)c1)c1cccc(C)c1C. The molecular formula is C37H36O2. The minimum atomic E-state index is -0.486. The highest BCUT2D eigenvalue weighted by Gasteiger charge is 2.38. The van der Waals surface area contributed by atoms with Gasteiger partial charge in [-0.1, -0.05) is 111 Å². The number of unbranched alkanes of at least 4 members (excludes halogenated alkanes) is 1. The van der Waals surface area contributed by atoms with Crippen molar-refractivity contribution in [2.24, 2.45) is 0 Å². The topological polar surface area (TPSA) is 40.5 Å². The molecule has 0 aliphatic carbocycles. The Morgan fingerprint density at radius 1 is 0.590 bits per heavy atom. The molecule has 5 rings (SSSR count). The van der Waals surface area contributed by atoms with Crippen molar-refractivity contribution in [2.75, 3.05) is 0 Å². The summed E-state index contributed by atoms with van der Waals surface area (Å²) in [5.74, 6) is 0.539. The van der Waals surface area contributed by atoms with Crippen LogP contribution in [-0.2, 0) is 5.41 Å². The average Bonchev–Trinajstić information content (AvgIpc) is 2.97. The molecule has 0 bridgehead atoms. The molecule has 0 atom stereocenters. The first-order valence-electron chi connectivity index (χ1n) is 13.8. The molecule has 2 nitrogen and oxygen atoms in total. The van der Waals surface area contributed by atoms with Crippen LogP contribution in [0.5, 0.6) is 11.5 Å². The highest BCUT2D eigenvalue weighted by atomic mass is 16.3. The van der Waals surface area contributed by atoms with Crippen molar-refractivity contribution in [2.45, 2.75) is 45.4 Å². The number of phenolic OH excluding ortho intramolecular Hbond substituents is 2. The van der Waals surface area contributed by atoms with Gasteiger partial charge in [-0.15, -0.1) is 0 Å². The van der Waals surface area contributed by atoms with Gasteiger partial charge < -0.3 is 10.2 Å². The van der Waals surface area contributed by atoms with E-state index in [0.29, 0.717) is 0 Å². The van der Waals surface area contributed by atoms with E-state index in [4.69, 9.17) is 0 Å². The van der Waals surface area contributed by atoms with E-state index in [1.165, 1.54) is 16.7 Å². The number of rotatable bonds is 8. The first kappa shape index (κ1) is 26.3. The zero-order chi connectivity index (χ0) is 27.4. The van der Waals surface area contributed by atoms with Gasteiger partial charge in [0.15, 0.2) is 0 Å². The van der Waals surface area contributed by atoms with Gasteiger partial charge in [-0.3, -0.25) is 0 Å². The van der Waals surface area contributed by atoms with Crippen LogP contribution in [0.3, 0.4) is 0 Å². The van der Waals surface area contributed by atoms with Gasteiger partial charge in [0, 0.05) is 16.5 Å². The van der Waals surface area contributed by atoms with Gasteiger partial charge in [0.05, 0.1) is 0 Å². The summed E-state index contributed by atoms with van der Waals surface area (Å²) < 4.78 is 0. The Hall–Kier alpha value is -4.30. The molecule has 0 spiro atoms. The lowest BCUT2D eigenvalue weighted by Crippen LogP contribution is -2.31. The Morgan fingerprint density at radius 2 is 1.10 bits per heavy atom. The molecule has 0 aliphatic rings. The number of hydrogen-bond acceptors (Lipinski definition) is 2. The summed E-state index contributed by atoms with van der Waals surface area (Å²) in [5, 5.41) is 21.9. The zero-order valence-electron chi connectivity index (χ0n) is 23.0. The van der Waals surface area contributed by atoms with E-state index in [1.54, 1.807) is 0 Å². The third-order valence-electron chi connectivity index (χ3n) is 8.12. The van der Waals surface area contributed by atoms with Gasteiger partial charge in [-0.25, -0.2) is 0 Å². The van der Waals surface area contributed by atoms with Crippen molar-refractivity contribution in [1.29, 1.82) is 0 Å². The summed E-state index contributed by atoms with van der Waals surface area (Å²) in [5.41, 5.74) is 9.15. The van der Waals surface area contributed by atoms with Gasteiger partial charge in [0.1, 0.15) is 11.5 Å². The second-order valence-corrected chi connectivity index (χ2v) is 10.5. The van der Waals surface area contributed by atoms with E-state index in [2.05, 4.69) is 63.2 Å². The van der Waals surface area contributed by atoms with Crippen LogP contribution in [0.4, 0.5) is 0 Å². The number of benzene rings is 5. The largest absolute Gasteiger partial charge is 0.507 e. The Kier molecular flexibility index (Phi) is 7.56. The number of phenols is 2. The summed E-state index contributed by atoms with van der Waals surface area (Å²) in [6, 6.07) is 38.9. The summed E-state index contributed by atoms with van der Waals surface area (Å²) in [6.45, 7) is 6.61. The van der Waals surface area contributed by atoms with E-state index in [1.807, 2.05) is 72.8 Å². The third-order valence-corrected chi connectivity index (χ3v) is 8.12. The number of aromatic hydroxyl groups is 2. The quantitative estimate of drug-likeness (QED) is 0.203. The summed E-state index contributed by atoms with van der Waals surface area (Å²) >= 11 is 0. The van der Waals surface area contributed by atoms with Gasteiger partial charge in [0.25, 0.3) is 0 Å². The fraction of sp³-hybridized carbons (Fsp3) is 0.189. The van der Waals surface area contributed by atoms with Crippen LogP contribution in [-0.4, -0.2) is 10.2 Å². The van der Waals surface area contributed by atoms with Gasteiger partial charge >= 0.3 is 0 Å². The van der Waals surface area contributed by atoms with Gasteiger partial charge in [-0.2, -0.15) is 0 Å². The third kappa shape index (κ3) is 4.95. The molecule has 0 aromatic heterocycles. The van der Waals surface area contributed by atoms with E-state index < -0.39 is 5.41 Å². The van der Waals surface area contributed by atoms with E-state index in [0.717, 1.165) is 52.6 Å². The van der Waals surface area contributed by atoms with Crippen LogP contribution in [0.15, 0.2) is 115 Å². The smallest absolute Gasteiger partial charge is 0.123 e. The molecule has 0 saturated heterocycles. The summed E-state index contributed by atoms with van der Waals surface area (Å²) in [4.78, 5) is 0. The normalized spacial score (nSPS) is 11.5. The predicted molar refractivity (Wildman–Crippen MR) is 162 cm³/mol. The second kappa shape index (κ2) is 11.2. The van der Waals surface area contributed by atoms with E-state index in [-0.39, 0.29) is 11.5 Å². The van der Waals surface area contributed by atoms with Crippen molar-refractivity contribution < 1.29 is 10.2 Å². The fourth-order valence-corrected chi connectivity index (χ4v) is 5.86. The first-order valence-corrected chi connectivity index (χ1v) is 13.8. The molecule has 2 heteroatoms. The molecule has 0 amide bonds. The first-order chi connectivity index (χ1) is 19.0. The maximum absolute atomic E-state index is 11.0. The maximum atomic E-state index is 11.0. The van der Waals surface area contributed by atoms with E-state index >= 15 is 0 Å². The van der Waals surface area contributed by atoms with Gasteiger partial charge in [-0.05, 0) is 83.5 Å². The van der Waals surface area contributed by atoms with Crippen LogP contribution in [0.2, 0.25) is 0 Å². The van der Waals surface area contributed by atoms with Crippen molar-refractivity contribution in [3.8, 4) is 33.8 Å². The molecular weight excluding hydrogens is 476 g/mol. The highest BCUT2D eigenvalue weighted by Crippen LogP contribution is 2.48. The lowest BCUT2D eigenvalue weighted by molar-refractivity contribution is 0.473. The Balaban J connectivity index is 1.85. The molecule has 0 aliphatic heterocycles. The molecule has 0 unspecified atom stereocenters. The Labute approximate surface area is 232 Å². The van der Waals surface area contributed by atoms with Gasteiger partial charge in [0.2, 0.25) is 0 Å². The average molecular weight is 513 g/mol. The van der Waals surface area contributed by atoms with E-state index in [9.17, 15) is 10.2 Å². The molecule has 0 radical (unpaired) electrons. The molecule has 0 fully saturated rings. The molecule has 39 heavy (non-hydrogen) atoms. The monoisotopic (exact) mass is 512 g/mol. The van der Waals surface area contributed by atoms with Crippen LogP contribution < -0.4 is 0 Å².